The Bertz CT molecular complexity index is 643. The number of nitrogens with zero attached hydrogens (tertiary/aromatic N) is 1. The van der Waals surface area contributed by atoms with Crippen LogP contribution in [0.15, 0.2) is 34.1 Å². The van der Waals surface area contributed by atoms with Crippen molar-refractivity contribution < 1.29 is 9.47 Å². The van der Waals surface area contributed by atoms with Crippen LogP contribution in [0.2, 0.25) is 0 Å². The molecular weight excluding hydrogens is 362 g/mol. The molecule has 5 heteroatoms. The molecule has 0 amide bonds. The summed E-state index contributed by atoms with van der Waals surface area (Å²) in [5, 5.41) is 2.14. The van der Waals surface area contributed by atoms with Gasteiger partial charge in [-0.05, 0) is 65.0 Å². The quantitative estimate of drug-likeness (QED) is 0.737. The van der Waals surface area contributed by atoms with Gasteiger partial charge in [-0.25, -0.2) is 0 Å². The van der Waals surface area contributed by atoms with Crippen LogP contribution in [0.4, 0.5) is 0 Å². The van der Waals surface area contributed by atoms with Gasteiger partial charge in [0.25, 0.3) is 0 Å². The highest BCUT2D eigenvalue weighted by Crippen LogP contribution is 2.40. The molecule has 1 aromatic heterocycles. The van der Waals surface area contributed by atoms with E-state index >= 15 is 0 Å². The minimum absolute atomic E-state index is 0.388. The number of halogens is 1. The number of methoxy groups -OCH3 is 2. The number of rotatable bonds is 5. The Balaban J connectivity index is 1.88. The Morgan fingerprint density at radius 1 is 1.27 bits per heavy atom. The van der Waals surface area contributed by atoms with E-state index in [4.69, 9.17) is 9.47 Å². The minimum atomic E-state index is 0.388. The molecule has 1 unspecified atom stereocenters. The van der Waals surface area contributed by atoms with Gasteiger partial charge in [-0.1, -0.05) is 0 Å². The van der Waals surface area contributed by atoms with Crippen molar-refractivity contribution in [2.75, 3.05) is 20.8 Å². The van der Waals surface area contributed by atoms with Crippen LogP contribution in [0.25, 0.3) is 0 Å². The first kappa shape index (κ1) is 15.8. The molecule has 1 aliphatic heterocycles. The van der Waals surface area contributed by atoms with Crippen molar-refractivity contribution in [3.05, 3.63) is 44.6 Å². The monoisotopic (exact) mass is 381 g/mol. The minimum Gasteiger partial charge on any atom is -0.497 e. The number of benzene rings is 1. The Morgan fingerprint density at radius 3 is 2.82 bits per heavy atom. The van der Waals surface area contributed by atoms with Gasteiger partial charge in [0.05, 0.1) is 14.2 Å². The molecule has 2 heterocycles. The molecule has 0 aliphatic carbocycles. The highest BCUT2D eigenvalue weighted by atomic mass is 79.9. The molecule has 0 radical (unpaired) electrons. The van der Waals surface area contributed by atoms with Gasteiger partial charge < -0.3 is 9.47 Å². The number of thiophene rings is 1. The van der Waals surface area contributed by atoms with Crippen molar-refractivity contribution in [3.8, 4) is 11.5 Å². The van der Waals surface area contributed by atoms with Crippen molar-refractivity contribution in [1.82, 2.24) is 4.90 Å². The fourth-order valence-electron chi connectivity index (χ4n) is 3.09. The van der Waals surface area contributed by atoms with Crippen LogP contribution in [0.1, 0.15) is 29.3 Å². The first-order valence-corrected chi connectivity index (χ1v) is 9.08. The van der Waals surface area contributed by atoms with E-state index in [0.717, 1.165) is 31.0 Å². The molecule has 1 aromatic carbocycles. The normalized spacial score (nSPS) is 18.6. The van der Waals surface area contributed by atoms with E-state index in [-0.39, 0.29) is 0 Å². The maximum Gasteiger partial charge on any atom is 0.123 e. The van der Waals surface area contributed by atoms with E-state index in [0.29, 0.717) is 6.04 Å². The van der Waals surface area contributed by atoms with Crippen LogP contribution in [0, 0.1) is 0 Å². The molecule has 1 aliphatic rings. The number of ether oxygens (including phenoxy) is 2. The molecule has 3 nitrogen and oxygen atoms in total. The van der Waals surface area contributed by atoms with Gasteiger partial charge in [0.15, 0.2) is 0 Å². The zero-order chi connectivity index (χ0) is 15.5. The van der Waals surface area contributed by atoms with Gasteiger partial charge in [-0.15, -0.1) is 11.3 Å². The van der Waals surface area contributed by atoms with Crippen molar-refractivity contribution in [2.45, 2.75) is 25.4 Å². The summed E-state index contributed by atoms with van der Waals surface area (Å²) in [6.07, 6.45) is 2.38. The second-order valence-corrected chi connectivity index (χ2v) is 7.28. The van der Waals surface area contributed by atoms with E-state index in [1.54, 1.807) is 25.6 Å². The third-order valence-corrected chi connectivity index (χ3v) is 6.11. The third-order valence-electron chi connectivity index (χ3n) is 4.20. The average molecular weight is 382 g/mol. The summed E-state index contributed by atoms with van der Waals surface area (Å²) in [7, 11) is 3.45. The van der Waals surface area contributed by atoms with Crippen molar-refractivity contribution >= 4 is 27.3 Å². The Morgan fingerprint density at radius 2 is 2.14 bits per heavy atom. The molecule has 0 N–H and O–H groups in total. The van der Waals surface area contributed by atoms with E-state index < -0.39 is 0 Å². The maximum atomic E-state index is 5.58. The lowest BCUT2D eigenvalue weighted by Crippen LogP contribution is -2.22. The lowest BCUT2D eigenvalue weighted by atomic mass is 10.0. The van der Waals surface area contributed by atoms with Crippen LogP contribution in [0.3, 0.4) is 0 Å². The van der Waals surface area contributed by atoms with E-state index in [1.165, 1.54) is 21.3 Å². The van der Waals surface area contributed by atoms with Gasteiger partial charge in [0.2, 0.25) is 0 Å². The number of hydrogen-bond donors (Lipinski definition) is 0. The first-order valence-electron chi connectivity index (χ1n) is 7.40. The summed E-state index contributed by atoms with van der Waals surface area (Å²) >= 11 is 5.45. The van der Waals surface area contributed by atoms with Gasteiger partial charge in [0.1, 0.15) is 11.5 Å². The highest BCUT2D eigenvalue weighted by molar-refractivity contribution is 9.10. The van der Waals surface area contributed by atoms with Gasteiger partial charge >= 0.3 is 0 Å². The van der Waals surface area contributed by atoms with Crippen molar-refractivity contribution in [3.63, 3.8) is 0 Å². The fourth-order valence-corrected chi connectivity index (χ4v) is 4.59. The standard InChI is InChI=1S/C17H20BrNO2S/c1-20-12-5-6-16(21-2)13(10-12)15-4-3-8-19(15)11-17-14(18)7-9-22-17/h5-7,9-10,15H,3-4,8,11H2,1-2H3. The van der Waals surface area contributed by atoms with Gasteiger partial charge in [-0.3, -0.25) is 4.90 Å². The predicted octanol–water partition coefficient (Wildman–Crippen LogP) is 4.86. The van der Waals surface area contributed by atoms with E-state index in [1.807, 2.05) is 12.1 Å². The SMILES string of the molecule is COc1ccc(OC)c(C2CCCN2Cc2sccc2Br)c1. The van der Waals surface area contributed by atoms with Crippen molar-refractivity contribution in [2.24, 2.45) is 0 Å². The molecule has 22 heavy (non-hydrogen) atoms. The van der Waals surface area contributed by atoms with Gasteiger partial charge in [0, 0.05) is 27.5 Å². The molecule has 2 aromatic rings. The van der Waals surface area contributed by atoms with Crippen LogP contribution in [-0.4, -0.2) is 25.7 Å². The zero-order valence-electron chi connectivity index (χ0n) is 12.8. The lowest BCUT2D eigenvalue weighted by Gasteiger charge is -2.26. The largest absolute Gasteiger partial charge is 0.497 e. The Hall–Kier alpha value is -1.04. The van der Waals surface area contributed by atoms with Crippen LogP contribution in [0.5, 0.6) is 11.5 Å². The summed E-state index contributed by atoms with van der Waals surface area (Å²) in [6.45, 7) is 2.10. The summed E-state index contributed by atoms with van der Waals surface area (Å²) in [5.41, 5.74) is 1.23. The average Bonchev–Trinajstić information content (AvgIpc) is 3.16. The van der Waals surface area contributed by atoms with Crippen molar-refractivity contribution in [1.29, 1.82) is 0 Å². The third kappa shape index (κ3) is 3.16. The molecule has 0 bridgehead atoms. The zero-order valence-corrected chi connectivity index (χ0v) is 15.2. The molecule has 0 spiro atoms. The Labute approximate surface area is 144 Å². The van der Waals surface area contributed by atoms with Crippen LogP contribution < -0.4 is 9.47 Å². The summed E-state index contributed by atoms with van der Waals surface area (Å²) in [4.78, 5) is 3.92. The highest BCUT2D eigenvalue weighted by Gasteiger charge is 2.29. The maximum absolute atomic E-state index is 5.58. The molecule has 1 atom stereocenters. The van der Waals surface area contributed by atoms with E-state index in [9.17, 15) is 0 Å². The van der Waals surface area contributed by atoms with Crippen LogP contribution in [-0.2, 0) is 6.54 Å². The van der Waals surface area contributed by atoms with Crippen LogP contribution >= 0.6 is 27.3 Å². The fraction of sp³-hybridized carbons (Fsp3) is 0.412. The second kappa shape index (κ2) is 7.02. The first-order chi connectivity index (χ1) is 10.7. The molecular formula is C17H20BrNO2S. The Kier molecular flexibility index (Phi) is 5.06. The summed E-state index contributed by atoms with van der Waals surface area (Å²) in [6, 6.07) is 8.59. The van der Waals surface area contributed by atoms with Gasteiger partial charge in [-0.2, -0.15) is 0 Å². The summed E-state index contributed by atoms with van der Waals surface area (Å²) < 4.78 is 12.2. The second-order valence-electron chi connectivity index (χ2n) is 5.43. The molecule has 1 saturated heterocycles. The smallest absolute Gasteiger partial charge is 0.123 e. The summed E-state index contributed by atoms with van der Waals surface area (Å²) in [5.74, 6) is 1.84. The predicted molar refractivity (Wildman–Crippen MR) is 94.0 cm³/mol. The topological polar surface area (TPSA) is 21.7 Å². The lowest BCUT2D eigenvalue weighted by molar-refractivity contribution is 0.244. The van der Waals surface area contributed by atoms with E-state index in [2.05, 4.69) is 38.3 Å². The number of likely N-dealkylation sites (tertiary alicyclic amines) is 1. The molecule has 1 fully saturated rings. The number of hydrogen-bond acceptors (Lipinski definition) is 4. The molecule has 3 rings (SSSR count). The molecule has 0 saturated carbocycles. The molecule has 118 valence electrons.